The van der Waals surface area contributed by atoms with Gasteiger partial charge in [-0.25, -0.2) is 5.43 Å². The number of nitrogens with zero attached hydrogens (tertiary/aromatic N) is 1. The molecule has 19 heavy (non-hydrogen) atoms. The average molecular weight is 322 g/mol. The van der Waals surface area contributed by atoms with Crippen LogP contribution >= 0.6 is 15.9 Å². The molecule has 1 unspecified atom stereocenters. The van der Waals surface area contributed by atoms with E-state index in [1.165, 1.54) is 0 Å². The van der Waals surface area contributed by atoms with Crippen molar-refractivity contribution >= 4 is 15.9 Å². The van der Waals surface area contributed by atoms with Gasteiger partial charge in [0, 0.05) is 16.2 Å². The van der Waals surface area contributed by atoms with E-state index in [0.717, 1.165) is 27.0 Å². The Morgan fingerprint density at radius 3 is 2.79 bits per heavy atom. The van der Waals surface area contributed by atoms with Gasteiger partial charge in [-0.1, -0.05) is 17.7 Å². The number of aromatic nitrogens is 1. The van der Waals surface area contributed by atoms with Crippen molar-refractivity contribution in [2.45, 2.75) is 13.0 Å². The molecule has 2 rings (SSSR count). The summed E-state index contributed by atoms with van der Waals surface area (Å²) in [4.78, 5) is 4.39. The van der Waals surface area contributed by atoms with Crippen LogP contribution in [0, 0.1) is 6.92 Å². The van der Waals surface area contributed by atoms with Crippen molar-refractivity contribution < 1.29 is 4.74 Å². The number of nitrogens with one attached hydrogen (secondary N) is 1. The third-order valence-corrected chi connectivity index (χ3v) is 3.59. The Balaban J connectivity index is 2.54. The van der Waals surface area contributed by atoms with Crippen LogP contribution in [-0.2, 0) is 0 Å². The van der Waals surface area contributed by atoms with Crippen LogP contribution in [-0.4, -0.2) is 12.1 Å². The molecule has 0 aliphatic carbocycles. The minimum absolute atomic E-state index is 0.231. The maximum atomic E-state index is 5.71. The molecule has 4 nitrogen and oxygen atoms in total. The van der Waals surface area contributed by atoms with Crippen LogP contribution in [0.1, 0.15) is 22.9 Å². The number of hydrogen-bond acceptors (Lipinski definition) is 4. The van der Waals surface area contributed by atoms with Gasteiger partial charge in [0.2, 0.25) is 0 Å². The summed E-state index contributed by atoms with van der Waals surface area (Å²) in [6, 6.07) is 9.56. The fraction of sp³-hybridized carbons (Fsp3) is 0.214. The molecule has 0 spiro atoms. The number of hydrogen-bond donors (Lipinski definition) is 2. The zero-order chi connectivity index (χ0) is 13.8. The lowest BCUT2D eigenvalue weighted by molar-refractivity contribution is 0.403. The molecule has 0 aliphatic heterocycles. The molecule has 0 radical (unpaired) electrons. The minimum Gasteiger partial charge on any atom is -0.496 e. The summed E-state index contributed by atoms with van der Waals surface area (Å²) in [5.41, 5.74) is 5.74. The van der Waals surface area contributed by atoms with Gasteiger partial charge in [-0.15, -0.1) is 0 Å². The van der Waals surface area contributed by atoms with Crippen LogP contribution in [0.4, 0.5) is 0 Å². The van der Waals surface area contributed by atoms with Crippen molar-refractivity contribution in [2.75, 3.05) is 7.11 Å². The maximum Gasteiger partial charge on any atom is 0.124 e. The number of halogens is 1. The number of hydrazine groups is 1. The summed E-state index contributed by atoms with van der Waals surface area (Å²) >= 11 is 3.50. The Kier molecular flexibility index (Phi) is 4.52. The first kappa shape index (κ1) is 14.0. The standard InChI is InChI=1S/C14H16BrN3O/c1-9-5-6-12(19-2)10(8-9)13(18-16)14-11(15)4-3-7-17-14/h3-8,13,18H,16H2,1-2H3. The van der Waals surface area contributed by atoms with Crippen molar-refractivity contribution in [3.05, 3.63) is 57.8 Å². The predicted molar refractivity (Wildman–Crippen MR) is 78.8 cm³/mol. The third-order valence-electron chi connectivity index (χ3n) is 2.92. The smallest absolute Gasteiger partial charge is 0.124 e. The summed E-state index contributed by atoms with van der Waals surface area (Å²) in [5.74, 6) is 6.50. The highest BCUT2D eigenvalue weighted by molar-refractivity contribution is 9.10. The molecule has 100 valence electrons. The van der Waals surface area contributed by atoms with Crippen LogP contribution in [0.2, 0.25) is 0 Å². The van der Waals surface area contributed by atoms with Crippen LogP contribution in [0.3, 0.4) is 0 Å². The van der Waals surface area contributed by atoms with E-state index < -0.39 is 0 Å². The van der Waals surface area contributed by atoms with Crippen LogP contribution in [0.15, 0.2) is 41.0 Å². The summed E-state index contributed by atoms with van der Waals surface area (Å²) in [7, 11) is 1.65. The molecule has 3 N–H and O–H groups in total. The van der Waals surface area contributed by atoms with Gasteiger partial charge in [-0.05, 0) is 41.1 Å². The van der Waals surface area contributed by atoms with Gasteiger partial charge in [0.15, 0.2) is 0 Å². The normalized spacial score (nSPS) is 12.2. The van der Waals surface area contributed by atoms with Crippen molar-refractivity contribution in [3.63, 3.8) is 0 Å². The maximum absolute atomic E-state index is 5.71. The predicted octanol–water partition coefficient (Wildman–Crippen LogP) is 2.71. The molecule has 1 heterocycles. The fourth-order valence-corrected chi connectivity index (χ4v) is 2.49. The number of nitrogens with two attached hydrogens (primary N) is 1. The van der Waals surface area contributed by atoms with E-state index in [1.54, 1.807) is 13.3 Å². The monoisotopic (exact) mass is 321 g/mol. The van der Waals surface area contributed by atoms with Crippen LogP contribution in [0.25, 0.3) is 0 Å². The van der Waals surface area contributed by atoms with Gasteiger partial charge in [-0.3, -0.25) is 10.8 Å². The molecular weight excluding hydrogens is 306 g/mol. The minimum atomic E-state index is -0.231. The van der Waals surface area contributed by atoms with E-state index in [1.807, 2.05) is 37.3 Å². The Hall–Kier alpha value is -1.43. The van der Waals surface area contributed by atoms with E-state index in [0.29, 0.717) is 0 Å². The molecule has 1 aromatic carbocycles. The molecule has 0 bridgehead atoms. The quantitative estimate of drug-likeness (QED) is 0.671. The molecule has 0 fully saturated rings. The van der Waals surface area contributed by atoms with E-state index in [4.69, 9.17) is 10.6 Å². The van der Waals surface area contributed by atoms with Gasteiger partial charge in [0.05, 0.1) is 18.8 Å². The van der Waals surface area contributed by atoms with E-state index >= 15 is 0 Å². The van der Waals surface area contributed by atoms with E-state index in [9.17, 15) is 0 Å². The zero-order valence-corrected chi connectivity index (χ0v) is 12.4. The first-order valence-corrected chi connectivity index (χ1v) is 6.67. The lowest BCUT2D eigenvalue weighted by Gasteiger charge is -2.20. The largest absolute Gasteiger partial charge is 0.496 e. The first-order valence-electron chi connectivity index (χ1n) is 5.88. The van der Waals surface area contributed by atoms with E-state index in [-0.39, 0.29) is 6.04 Å². The molecular formula is C14H16BrN3O. The summed E-state index contributed by atoms with van der Waals surface area (Å²) in [6.45, 7) is 2.03. The van der Waals surface area contributed by atoms with Crippen LogP contribution in [0.5, 0.6) is 5.75 Å². The van der Waals surface area contributed by atoms with Gasteiger partial charge >= 0.3 is 0 Å². The number of methoxy groups -OCH3 is 1. The number of benzene rings is 1. The van der Waals surface area contributed by atoms with Crippen molar-refractivity contribution in [1.29, 1.82) is 0 Å². The Morgan fingerprint density at radius 2 is 2.16 bits per heavy atom. The molecule has 0 aliphatic rings. The molecule has 1 atom stereocenters. The topological polar surface area (TPSA) is 60.2 Å². The third kappa shape index (κ3) is 2.94. The first-order chi connectivity index (χ1) is 9.17. The summed E-state index contributed by atoms with van der Waals surface area (Å²) < 4.78 is 6.31. The number of aryl methyl sites for hydroxylation is 1. The number of pyridine rings is 1. The van der Waals surface area contributed by atoms with Gasteiger partial charge < -0.3 is 4.74 Å². The van der Waals surface area contributed by atoms with Gasteiger partial charge in [0.25, 0.3) is 0 Å². The van der Waals surface area contributed by atoms with Gasteiger partial charge in [0.1, 0.15) is 5.75 Å². The number of ether oxygens (including phenoxy) is 1. The second-order valence-corrected chi connectivity index (χ2v) is 5.07. The van der Waals surface area contributed by atoms with Gasteiger partial charge in [-0.2, -0.15) is 0 Å². The van der Waals surface area contributed by atoms with Crippen molar-refractivity contribution in [1.82, 2.24) is 10.4 Å². The zero-order valence-electron chi connectivity index (χ0n) is 10.9. The lowest BCUT2D eigenvalue weighted by Crippen LogP contribution is -2.30. The second kappa shape index (κ2) is 6.14. The number of rotatable bonds is 4. The average Bonchev–Trinajstić information content (AvgIpc) is 2.42. The van der Waals surface area contributed by atoms with Crippen LogP contribution < -0.4 is 16.0 Å². The SMILES string of the molecule is COc1ccc(C)cc1C(NN)c1ncccc1Br. The van der Waals surface area contributed by atoms with E-state index in [2.05, 4.69) is 26.3 Å². The van der Waals surface area contributed by atoms with Crippen molar-refractivity contribution in [2.24, 2.45) is 5.84 Å². The molecule has 0 amide bonds. The highest BCUT2D eigenvalue weighted by Gasteiger charge is 2.20. The second-order valence-electron chi connectivity index (χ2n) is 4.22. The Morgan fingerprint density at radius 1 is 1.37 bits per heavy atom. The fourth-order valence-electron chi connectivity index (χ4n) is 2.01. The summed E-state index contributed by atoms with van der Waals surface area (Å²) in [6.07, 6.45) is 1.74. The molecule has 0 saturated carbocycles. The molecule has 0 saturated heterocycles. The Bertz CT molecular complexity index is 574. The molecule has 5 heteroatoms. The molecule has 2 aromatic rings. The van der Waals surface area contributed by atoms with Crippen molar-refractivity contribution in [3.8, 4) is 5.75 Å². The summed E-state index contributed by atoms with van der Waals surface area (Å²) in [5, 5.41) is 0. The lowest BCUT2D eigenvalue weighted by atomic mass is 10.0. The highest BCUT2D eigenvalue weighted by Crippen LogP contribution is 2.32. The molecule has 1 aromatic heterocycles. The highest BCUT2D eigenvalue weighted by atomic mass is 79.9. The Labute approximate surface area is 121 Å².